The number of anilines is 1. The topological polar surface area (TPSA) is 86.4 Å². The van der Waals surface area contributed by atoms with Crippen molar-refractivity contribution in [3.8, 4) is 28.5 Å². The Balaban J connectivity index is 1.46. The summed E-state index contributed by atoms with van der Waals surface area (Å²) < 4.78 is 18.4. The number of carbonyl (C=O) groups is 1. The molecule has 192 valence electrons. The van der Waals surface area contributed by atoms with Crippen LogP contribution in [0.3, 0.4) is 0 Å². The van der Waals surface area contributed by atoms with Gasteiger partial charge in [0, 0.05) is 16.5 Å². The zero-order chi connectivity index (χ0) is 26.2. The predicted octanol–water partition coefficient (Wildman–Crippen LogP) is 5.90. The summed E-state index contributed by atoms with van der Waals surface area (Å²) in [6, 6.07) is 19.8. The van der Waals surface area contributed by atoms with Gasteiger partial charge in [0.15, 0.2) is 18.1 Å². The van der Waals surface area contributed by atoms with Crippen LogP contribution < -0.4 is 24.3 Å². The average molecular weight is 527 g/mol. The van der Waals surface area contributed by atoms with Gasteiger partial charge in [0.2, 0.25) is 11.6 Å². The highest BCUT2D eigenvalue weighted by Crippen LogP contribution is 2.34. The van der Waals surface area contributed by atoms with Crippen molar-refractivity contribution in [1.29, 1.82) is 0 Å². The van der Waals surface area contributed by atoms with Crippen LogP contribution in [0.2, 0.25) is 0 Å². The molecule has 0 atom stereocenters. The van der Waals surface area contributed by atoms with E-state index in [9.17, 15) is 4.79 Å². The van der Waals surface area contributed by atoms with Crippen LogP contribution in [0.15, 0.2) is 76.1 Å². The number of aromatic nitrogens is 1. The lowest BCUT2D eigenvalue weighted by molar-refractivity contribution is -0.118. The Hall–Kier alpha value is -4.37. The Labute approximate surface area is 223 Å². The van der Waals surface area contributed by atoms with Crippen LogP contribution in [0, 0.1) is 0 Å². The molecular formula is C29H26N4O4S. The van der Waals surface area contributed by atoms with Crippen LogP contribution in [-0.4, -0.2) is 29.7 Å². The highest BCUT2D eigenvalue weighted by atomic mass is 32.1. The summed E-state index contributed by atoms with van der Waals surface area (Å²) >= 11 is 1.50. The number of fused-ring (bicyclic) bond motifs is 2. The van der Waals surface area contributed by atoms with Crippen molar-refractivity contribution < 1.29 is 19.0 Å². The second kappa shape index (κ2) is 9.83. The molecule has 0 radical (unpaired) electrons. The van der Waals surface area contributed by atoms with Crippen LogP contribution in [0.4, 0.5) is 11.4 Å². The minimum atomic E-state index is -0.176. The molecular weight excluding hydrogens is 500 g/mol. The van der Waals surface area contributed by atoms with Gasteiger partial charge in [-0.25, -0.2) is 9.67 Å². The van der Waals surface area contributed by atoms with Gasteiger partial charge in [0.25, 0.3) is 5.91 Å². The number of amides is 1. The molecule has 8 nitrogen and oxygen atoms in total. The first-order chi connectivity index (χ1) is 18.4. The minimum Gasteiger partial charge on any atom is -0.482 e. The van der Waals surface area contributed by atoms with Crippen molar-refractivity contribution in [3.05, 3.63) is 82.0 Å². The zero-order valence-corrected chi connectivity index (χ0v) is 22.0. The van der Waals surface area contributed by atoms with Gasteiger partial charge in [-0.2, -0.15) is 5.10 Å². The molecule has 0 aliphatic carbocycles. The third-order valence-electron chi connectivity index (χ3n) is 6.42. The van der Waals surface area contributed by atoms with Crippen LogP contribution >= 0.6 is 11.3 Å². The highest BCUT2D eigenvalue weighted by Gasteiger charge is 2.19. The summed E-state index contributed by atoms with van der Waals surface area (Å²) in [5, 5.41) is 9.90. The molecule has 0 unspecified atom stereocenters. The Kier molecular flexibility index (Phi) is 6.21. The monoisotopic (exact) mass is 526 g/mol. The van der Waals surface area contributed by atoms with Gasteiger partial charge >= 0.3 is 0 Å². The SMILES string of the molecule is CC(=Nn1c(-c2ccc3c(c2)NC(=O)CO3)csc1=Nc1ccc(C(C)C)cc1)c1ccc2c(c1)OCO2. The van der Waals surface area contributed by atoms with Crippen molar-refractivity contribution in [2.45, 2.75) is 26.7 Å². The van der Waals surface area contributed by atoms with Crippen LogP contribution in [-0.2, 0) is 4.79 Å². The van der Waals surface area contributed by atoms with Gasteiger partial charge in [0.05, 0.1) is 22.8 Å². The summed E-state index contributed by atoms with van der Waals surface area (Å²) in [6.45, 7) is 6.53. The van der Waals surface area contributed by atoms with Gasteiger partial charge < -0.3 is 19.5 Å². The number of hydrogen-bond acceptors (Lipinski definition) is 7. The Morgan fingerprint density at radius 2 is 1.76 bits per heavy atom. The summed E-state index contributed by atoms with van der Waals surface area (Å²) in [7, 11) is 0. The normalized spacial score (nSPS) is 14.9. The first-order valence-electron chi connectivity index (χ1n) is 12.3. The molecule has 1 amide bonds. The number of ether oxygens (including phenoxy) is 3. The maximum atomic E-state index is 11.9. The van der Waals surface area contributed by atoms with E-state index < -0.39 is 0 Å². The van der Waals surface area contributed by atoms with Crippen molar-refractivity contribution in [3.63, 3.8) is 0 Å². The van der Waals surface area contributed by atoms with E-state index in [1.165, 1.54) is 16.9 Å². The quantitative estimate of drug-likeness (QED) is 0.328. The molecule has 2 aliphatic rings. The lowest BCUT2D eigenvalue weighted by Crippen LogP contribution is -2.25. The van der Waals surface area contributed by atoms with Crippen molar-refractivity contribution in [2.75, 3.05) is 18.7 Å². The second-order valence-electron chi connectivity index (χ2n) is 9.37. The van der Waals surface area contributed by atoms with Gasteiger partial charge in [-0.1, -0.05) is 26.0 Å². The standard InChI is InChI=1S/C29H26N4O4S/c1-17(2)19-4-8-22(9-5-19)30-29-33(32-18(3)20-6-11-26-27(13-20)37-16-36-26)24(15-38-29)21-7-10-25-23(12-21)31-28(34)14-35-25/h4-13,15,17H,14,16H2,1-3H3,(H,31,34). The fourth-order valence-corrected chi connectivity index (χ4v) is 5.14. The molecule has 2 aliphatic heterocycles. The van der Waals surface area contributed by atoms with Crippen LogP contribution in [0.5, 0.6) is 17.2 Å². The minimum absolute atomic E-state index is 0.0163. The van der Waals surface area contributed by atoms with E-state index in [4.69, 9.17) is 24.3 Å². The van der Waals surface area contributed by atoms with E-state index >= 15 is 0 Å². The highest BCUT2D eigenvalue weighted by molar-refractivity contribution is 7.07. The number of thiazole rings is 1. The van der Waals surface area contributed by atoms with Crippen molar-refractivity contribution in [2.24, 2.45) is 10.1 Å². The molecule has 6 rings (SSSR count). The lowest BCUT2D eigenvalue weighted by atomic mass is 10.0. The summed E-state index contributed by atoms with van der Waals surface area (Å²) in [5.41, 5.74) is 6.17. The summed E-state index contributed by atoms with van der Waals surface area (Å²) in [5.74, 6) is 2.34. The number of benzene rings is 3. The van der Waals surface area contributed by atoms with Gasteiger partial charge in [-0.3, -0.25) is 4.79 Å². The predicted molar refractivity (Wildman–Crippen MR) is 148 cm³/mol. The Bertz CT molecular complexity index is 1630. The van der Waals surface area contributed by atoms with Gasteiger partial charge in [-0.15, -0.1) is 11.3 Å². The first-order valence-corrected chi connectivity index (χ1v) is 13.2. The third-order valence-corrected chi connectivity index (χ3v) is 7.23. The van der Waals surface area contributed by atoms with E-state index in [0.717, 1.165) is 38.8 Å². The molecule has 0 fully saturated rings. The van der Waals surface area contributed by atoms with E-state index in [0.29, 0.717) is 23.1 Å². The molecule has 9 heteroatoms. The van der Waals surface area contributed by atoms with E-state index in [-0.39, 0.29) is 19.3 Å². The lowest BCUT2D eigenvalue weighted by Gasteiger charge is -2.18. The zero-order valence-electron chi connectivity index (χ0n) is 21.2. The van der Waals surface area contributed by atoms with Crippen LogP contribution in [0.1, 0.15) is 37.8 Å². The fourth-order valence-electron chi connectivity index (χ4n) is 4.29. The smallest absolute Gasteiger partial charge is 0.262 e. The molecule has 38 heavy (non-hydrogen) atoms. The number of nitrogens with zero attached hydrogens (tertiary/aromatic N) is 3. The molecule has 0 saturated carbocycles. The first kappa shape index (κ1) is 24.0. The van der Waals surface area contributed by atoms with E-state index in [2.05, 4.69) is 31.3 Å². The molecule has 0 spiro atoms. The Morgan fingerprint density at radius 1 is 0.974 bits per heavy atom. The Morgan fingerprint density at radius 3 is 2.58 bits per heavy atom. The molecule has 0 bridgehead atoms. The third kappa shape index (κ3) is 4.68. The maximum Gasteiger partial charge on any atom is 0.262 e. The molecule has 1 N–H and O–H groups in total. The van der Waals surface area contributed by atoms with Crippen molar-refractivity contribution in [1.82, 2.24) is 4.68 Å². The molecule has 3 heterocycles. The van der Waals surface area contributed by atoms with E-state index in [1.807, 2.05) is 65.5 Å². The number of carbonyl (C=O) groups excluding carboxylic acids is 1. The van der Waals surface area contributed by atoms with Gasteiger partial charge in [0.1, 0.15) is 5.75 Å². The maximum absolute atomic E-state index is 11.9. The average Bonchev–Trinajstić information content (AvgIpc) is 3.55. The molecule has 4 aromatic rings. The molecule has 0 saturated heterocycles. The fraction of sp³-hybridized carbons (Fsp3) is 0.207. The largest absolute Gasteiger partial charge is 0.482 e. The number of rotatable bonds is 5. The summed E-state index contributed by atoms with van der Waals surface area (Å²) in [4.78, 5) is 17.5. The van der Waals surface area contributed by atoms with Gasteiger partial charge in [-0.05, 0) is 66.9 Å². The molecule has 1 aromatic heterocycles. The van der Waals surface area contributed by atoms with Crippen molar-refractivity contribution >= 4 is 34.3 Å². The summed E-state index contributed by atoms with van der Waals surface area (Å²) in [6.07, 6.45) is 0. The van der Waals surface area contributed by atoms with Crippen LogP contribution in [0.25, 0.3) is 11.3 Å². The number of nitrogens with one attached hydrogen (secondary N) is 1. The number of hydrogen-bond donors (Lipinski definition) is 1. The molecule has 3 aromatic carbocycles. The van der Waals surface area contributed by atoms with E-state index in [1.54, 1.807) is 0 Å². The second-order valence-corrected chi connectivity index (χ2v) is 10.2.